The van der Waals surface area contributed by atoms with Gasteiger partial charge in [0.1, 0.15) is 5.84 Å². The Morgan fingerprint density at radius 1 is 1.27 bits per heavy atom. The lowest BCUT2D eigenvalue weighted by Gasteiger charge is -2.21. The Bertz CT molecular complexity index is 1000. The van der Waals surface area contributed by atoms with Crippen LogP contribution in [-0.2, 0) is 7.05 Å². The fourth-order valence-electron chi connectivity index (χ4n) is 4.97. The van der Waals surface area contributed by atoms with E-state index in [4.69, 9.17) is 10.1 Å². The Hall–Kier alpha value is -1.71. The van der Waals surface area contributed by atoms with Crippen molar-refractivity contribution in [2.45, 2.75) is 70.2 Å². The quantitative estimate of drug-likeness (QED) is 0.308. The van der Waals surface area contributed by atoms with Crippen LogP contribution < -0.4 is 5.32 Å². The lowest BCUT2D eigenvalue weighted by Crippen LogP contribution is -2.26. The molecule has 1 aliphatic heterocycles. The molecule has 1 aliphatic carbocycles. The van der Waals surface area contributed by atoms with Gasteiger partial charge in [-0.25, -0.2) is 4.99 Å². The van der Waals surface area contributed by atoms with Crippen molar-refractivity contribution in [3.05, 3.63) is 30.2 Å². The standard InChI is InChI=1S/C24H39N7P2/c1-5-18-11-12-30(14-18)17(3)27-23-20(13-25-29(23)4)16(2)26-21-15-31(28-22(21)24(32)33)19-9-7-6-8-10-19/h13,15,18-19,24,26H,2,5-12,14,32-33H2,1,3-4H3. The zero-order valence-corrected chi connectivity index (χ0v) is 22.6. The van der Waals surface area contributed by atoms with Crippen molar-refractivity contribution in [3.63, 3.8) is 0 Å². The Kier molecular flexibility index (Phi) is 7.91. The molecule has 1 saturated carbocycles. The summed E-state index contributed by atoms with van der Waals surface area (Å²) in [4.78, 5) is 7.37. The van der Waals surface area contributed by atoms with E-state index in [1.165, 1.54) is 44.9 Å². The highest BCUT2D eigenvalue weighted by atomic mass is 31.1. The van der Waals surface area contributed by atoms with Crippen LogP contribution in [0, 0.1) is 5.92 Å². The van der Waals surface area contributed by atoms with Gasteiger partial charge in [0.25, 0.3) is 0 Å². The van der Waals surface area contributed by atoms with Gasteiger partial charge in [-0.1, -0.05) is 39.2 Å². The molecule has 3 unspecified atom stereocenters. The molecule has 0 bridgehead atoms. The van der Waals surface area contributed by atoms with Crippen LogP contribution >= 0.6 is 18.5 Å². The molecule has 2 aromatic rings. The number of nitrogens with one attached hydrogen (secondary N) is 1. The Balaban J connectivity index is 1.55. The van der Waals surface area contributed by atoms with Gasteiger partial charge in [0.15, 0.2) is 5.82 Å². The maximum Gasteiger partial charge on any atom is 0.161 e. The number of aliphatic imine (C=N–C) groups is 1. The van der Waals surface area contributed by atoms with Gasteiger partial charge in [0.05, 0.1) is 29.2 Å². The maximum atomic E-state index is 4.98. The summed E-state index contributed by atoms with van der Waals surface area (Å²) < 4.78 is 3.99. The number of hydrogen-bond donors (Lipinski definition) is 1. The fraction of sp³-hybridized carbons (Fsp3) is 0.625. The van der Waals surface area contributed by atoms with Crippen LogP contribution in [0.25, 0.3) is 5.70 Å². The summed E-state index contributed by atoms with van der Waals surface area (Å²) >= 11 is 0. The highest BCUT2D eigenvalue weighted by molar-refractivity contribution is 7.37. The molecule has 2 aliphatic rings. The molecule has 0 aromatic carbocycles. The third-order valence-electron chi connectivity index (χ3n) is 7.13. The van der Waals surface area contributed by atoms with E-state index in [1.807, 2.05) is 17.9 Å². The number of aromatic nitrogens is 4. The summed E-state index contributed by atoms with van der Waals surface area (Å²) in [6.07, 6.45) is 12.8. The number of hydrogen-bond acceptors (Lipinski definition) is 4. The van der Waals surface area contributed by atoms with E-state index in [-0.39, 0.29) is 5.40 Å². The SMILES string of the molecule is C=C(Nc1cn(C2CCCCC2)nc1C(P)P)c1cnn(C)c1N=C(C)N1CCC(CC)C1. The molecule has 7 nitrogen and oxygen atoms in total. The third-order valence-corrected chi connectivity index (χ3v) is 7.76. The largest absolute Gasteiger partial charge is 0.360 e. The van der Waals surface area contributed by atoms with Crippen LogP contribution in [0.1, 0.15) is 81.5 Å². The van der Waals surface area contributed by atoms with E-state index in [0.29, 0.717) is 6.04 Å². The smallest absolute Gasteiger partial charge is 0.161 e. The summed E-state index contributed by atoms with van der Waals surface area (Å²) in [7, 11) is 7.62. The Morgan fingerprint density at radius 3 is 2.70 bits per heavy atom. The first-order valence-electron chi connectivity index (χ1n) is 12.3. The van der Waals surface area contributed by atoms with Crippen LogP contribution in [0.5, 0.6) is 0 Å². The topological polar surface area (TPSA) is 63.3 Å². The number of nitrogens with zero attached hydrogens (tertiary/aromatic N) is 6. The summed E-state index contributed by atoms with van der Waals surface area (Å²) in [5.41, 5.74) is 3.73. The van der Waals surface area contributed by atoms with E-state index in [2.05, 4.69) is 65.1 Å². The monoisotopic (exact) mass is 487 g/mol. The number of likely N-dealkylation sites (tertiary alicyclic amines) is 1. The maximum absolute atomic E-state index is 4.98. The van der Waals surface area contributed by atoms with Crippen molar-refractivity contribution in [1.82, 2.24) is 24.5 Å². The summed E-state index contributed by atoms with van der Waals surface area (Å²) in [6.45, 7) is 10.9. The lowest BCUT2D eigenvalue weighted by atomic mass is 9.96. The second kappa shape index (κ2) is 10.7. The van der Waals surface area contributed by atoms with Crippen molar-refractivity contribution < 1.29 is 0 Å². The van der Waals surface area contributed by atoms with E-state index < -0.39 is 0 Å². The molecular formula is C24H39N7P2. The molecule has 2 fully saturated rings. The molecule has 1 N–H and O–H groups in total. The molecule has 180 valence electrons. The third kappa shape index (κ3) is 5.52. The van der Waals surface area contributed by atoms with Gasteiger partial charge in [0, 0.05) is 37.4 Å². The van der Waals surface area contributed by atoms with Crippen molar-refractivity contribution in [2.75, 3.05) is 18.4 Å². The van der Waals surface area contributed by atoms with Crippen LogP contribution in [0.3, 0.4) is 0 Å². The average molecular weight is 488 g/mol. The zero-order valence-electron chi connectivity index (χ0n) is 20.3. The van der Waals surface area contributed by atoms with Crippen LogP contribution in [0.4, 0.5) is 11.5 Å². The normalized spacial score (nSPS) is 20.1. The summed E-state index contributed by atoms with van der Waals surface area (Å²) in [6, 6.07) is 0.490. The van der Waals surface area contributed by atoms with Crippen molar-refractivity contribution in [2.24, 2.45) is 18.0 Å². The lowest BCUT2D eigenvalue weighted by molar-refractivity contribution is 0.328. The number of aryl methyl sites for hydroxylation is 1. The van der Waals surface area contributed by atoms with Gasteiger partial charge in [-0.2, -0.15) is 10.2 Å². The van der Waals surface area contributed by atoms with Crippen LogP contribution in [0.2, 0.25) is 0 Å². The van der Waals surface area contributed by atoms with E-state index in [0.717, 1.165) is 53.3 Å². The molecule has 33 heavy (non-hydrogen) atoms. The van der Waals surface area contributed by atoms with Gasteiger partial charge in [0.2, 0.25) is 0 Å². The van der Waals surface area contributed by atoms with E-state index in [9.17, 15) is 0 Å². The zero-order chi connectivity index (χ0) is 23.5. The molecule has 0 radical (unpaired) electrons. The Labute approximate surface area is 202 Å². The van der Waals surface area contributed by atoms with Gasteiger partial charge in [-0.05, 0) is 32.1 Å². The molecule has 1 saturated heterocycles. The molecule has 3 heterocycles. The molecule has 0 amide bonds. The summed E-state index contributed by atoms with van der Waals surface area (Å²) in [5, 5.41) is 13.1. The molecule has 4 rings (SSSR count). The highest BCUT2D eigenvalue weighted by Crippen LogP contribution is 2.38. The van der Waals surface area contributed by atoms with E-state index >= 15 is 0 Å². The van der Waals surface area contributed by atoms with Gasteiger partial charge >= 0.3 is 0 Å². The summed E-state index contributed by atoms with van der Waals surface area (Å²) in [5.74, 6) is 2.65. The van der Waals surface area contributed by atoms with Crippen LogP contribution in [-0.4, -0.2) is 43.4 Å². The van der Waals surface area contributed by atoms with E-state index in [1.54, 1.807) is 0 Å². The highest BCUT2D eigenvalue weighted by Gasteiger charge is 2.24. The molecule has 9 heteroatoms. The second-order valence-corrected chi connectivity index (χ2v) is 11.7. The fourth-order valence-corrected chi connectivity index (χ4v) is 5.46. The number of amidine groups is 1. The minimum Gasteiger partial charge on any atom is -0.360 e. The molecule has 2 aromatic heterocycles. The predicted octanol–water partition coefficient (Wildman–Crippen LogP) is 5.74. The van der Waals surface area contributed by atoms with Gasteiger partial charge < -0.3 is 10.2 Å². The van der Waals surface area contributed by atoms with Gasteiger partial charge in [-0.15, -0.1) is 18.5 Å². The van der Waals surface area contributed by atoms with Crippen LogP contribution in [0.15, 0.2) is 24.0 Å². The first kappa shape index (κ1) is 24.4. The molecule has 0 spiro atoms. The molecule has 3 atom stereocenters. The number of rotatable bonds is 7. The number of anilines is 1. The first-order valence-corrected chi connectivity index (χ1v) is 13.6. The average Bonchev–Trinajstić information content (AvgIpc) is 3.53. The van der Waals surface area contributed by atoms with Crippen molar-refractivity contribution in [3.8, 4) is 0 Å². The Morgan fingerprint density at radius 2 is 2.03 bits per heavy atom. The molecular weight excluding hydrogens is 448 g/mol. The van der Waals surface area contributed by atoms with Crippen molar-refractivity contribution in [1.29, 1.82) is 0 Å². The predicted molar refractivity (Wildman–Crippen MR) is 145 cm³/mol. The van der Waals surface area contributed by atoms with Crippen molar-refractivity contribution >= 4 is 41.5 Å². The minimum atomic E-state index is 0.167. The van der Waals surface area contributed by atoms with Gasteiger partial charge in [-0.3, -0.25) is 9.36 Å². The second-order valence-electron chi connectivity index (χ2n) is 9.50. The first-order chi connectivity index (χ1) is 15.9. The minimum absolute atomic E-state index is 0.167.